The molecule has 0 aromatic heterocycles. The van der Waals surface area contributed by atoms with Crippen LogP contribution in [0.25, 0.3) is 0 Å². The van der Waals surface area contributed by atoms with Crippen LogP contribution < -0.4 is 0 Å². The number of sulfonamides is 1. The van der Waals surface area contributed by atoms with Crippen LogP contribution in [-0.2, 0) is 10.0 Å². The summed E-state index contributed by atoms with van der Waals surface area (Å²) in [5.74, 6) is -0.112. The number of rotatable bonds is 3. The fourth-order valence-corrected chi connectivity index (χ4v) is 5.07. The first-order valence-corrected chi connectivity index (χ1v) is 10.3. The number of hydrogen-bond donors (Lipinski definition) is 1. The van der Waals surface area contributed by atoms with E-state index in [1.165, 1.54) is 4.31 Å². The highest BCUT2D eigenvalue weighted by Gasteiger charge is 2.31. The van der Waals surface area contributed by atoms with E-state index in [0.717, 1.165) is 11.1 Å². The number of carbonyl (C=O) groups excluding carboxylic acids is 1. The molecule has 5 nitrogen and oxygen atoms in total. The van der Waals surface area contributed by atoms with E-state index in [4.69, 9.17) is 0 Å². The van der Waals surface area contributed by atoms with Crippen molar-refractivity contribution in [3.05, 3.63) is 59.2 Å². The Bertz CT molecular complexity index is 934. The van der Waals surface area contributed by atoms with Crippen molar-refractivity contribution in [3.63, 3.8) is 0 Å². The predicted molar refractivity (Wildman–Crippen MR) is 104 cm³/mol. The van der Waals surface area contributed by atoms with Crippen molar-refractivity contribution in [2.24, 2.45) is 0 Å². The van der Waals surface area contributed by atoms with Gasteiger partial charge >= 0.3 is 0 Å². The first-order chi connectivity index (χ1) is 12.3. The average molecular weight is 391 g/mol. The molecule has 1 saturated heterocycles. The van der Waals surface area contributed by atoms with Crippen molar-refractivity contribution in [1.29, 1.82) is 0 Å². The molecule has 2 aromatic rings. The quantitative estimate of drug-likeness (QED) is 0.820. The molecule has 1 fully saturated rings. The Hall–Kier alpha value is -1.83. The SMILES string of the molecule is Cc1ccc(S(=O)(=O)N2CCN(C(=O)c3ccccc3S)CC2)c(C)c1. The van der Waals surface area contributed by atoms with E-state index in [9.17, 15) is 13.2 Å². The van der Waals surface area contributed by atoms with Crippen LogP contribution >= 0.6 is 12.6 Å². The van der Waals surface area contributed by atoms with E-state index in [1.54, 1.807) is 29.2 Å². The monoisotopic (exact) mass is 390 g/mol. The average Bonchev–Trinajstić information content (AvgIpc) is 2.61. The summed E-state index contributed by atoms with van der Waals surface area (Å²) in [4.78, 5) is 15.3. The van der Waals surface area contributed by atoms with Crippen molar-refractivity contribution < 1.29 is 13.2 Å². The van der Waals surface area contributed by atoms with Crippen molar-refractivity contribution in [1.82, 2.24) is 9.21 Å². The fraction of sp³-hybridized carbons (Fsp3) is 0.316. The number of amides is 1. The molecule has 0 N–H and O–H groups in total. The zero-order valence-electron chi connectivity index (χ0n) is 14.8. The third kappa shape index (κ3) is 3.65. The Kier molecular flexibility index (Phi) is 5.41. The first kappa shape index (κ1) is 18.9. The van der Waals surface area contributed by atoms with E-state index < -0.39 is 10.0 Å². The lowest BCUT2D eigenvalue weighted by Crippen LogP contribution is -2.50. The third-order valence-corrected chi connectivity index (χ3v) is 7.06. The van der Waals surface area contributed by atoms with Crippen LogP contribution in [-0.4, -0.2) is 49.7 Å². The lowest BCUT2D eigenvalue weighted by molar-refractivity contribution is 0.0694. The van der Waals surface area contributed by atoms with Crippen LogP contribution in [0.4, 0.5) is 0 Å². The van der Waals surface area contributed by atoms with Crippen LogP contribution in [0.3, 0.4) is 0 Å². The minimum Gasteiger partial charge on any atom is -0.336 e. The second kappa shape index (κ2) is 7.42. The molecule has 3 rings (SSSR count). The van der Waals surface area contributed by atoms with Crippen LogP contribution in [0.2, 0.25) is 0 Å². The zero-order valence-corrected chi connectivity index (χ0v) is 16.6. The summed E-state index contributed by atoms with van der Waals surface area (Å²) in [7, 11) is -3.55. The summed E-state index contributed by atoms with van der Waals surface area (Å²) in [5.41, 5.74) is 2.32. The van der Waals surface area contributed by atoms with Crippen LogP contribution in [0.15, 0.2) is 52.3 Å². The molecule has 0 bridgehead atoms. The maximum atomic E-state index is 12.9. The fourth-order valence-electron chi connectivity index (χ4n) is 3.18. The Morgan fingerprint density at radius 3 is 2.27 bits per heavy atom. The molecular weight excluding hydrogens is 368 g/mol. The Balaban J connectivity index is 1.74. The third-order valence-electron chi connectivity index (χ3n) is 4.61. The number of piperazine rings is 1. The molecule has 7 heteroatoms. The van der Waals surface area contributed by atoms with Gasteiger partial charge in [0, 0.05) is 31.1 Å². The summed E-state index contributed by atoms with van der Waals surface area (Å²) >= 11 is 4.33. The number of hydrogen-bond acceptors (Lipinski definition) is 4. The molecule has 1 aliphatic rings. The van der Waals surface area contributed by atoms with E-state index in [2.05, 4.69) is 12.6 Å². The maximum Gasteiger partial charge on any atom is 0.255 e. The molecule has 0 unspecified atom stereocenters. The summed E-state index contributed by atoms with van der Waals surface area (Å²) in [6, 6.07) is 12.5. The van der Waals surface area contributed by atoms with Crippen molar-refractivity contribution in [3.8, 4) is 0 Å². The van der Waals surface area contributed by atoms with Crippen molar-refractivity contribution in [2.75, 3.05) is 26.2 Å². The van der Waals surface area contributed by atoms with Gasteiger partial charge < -0.3 is 4.90 Å². The summed E-state index contributed by atoms with van der Waals surface area (Å²) in [5, 5.41) is 0. The number of carbonyl (C=O) groups is 1. The van der Waals surface area contributed by atoms with Gasteiger partial charge in [0.2, 0.25) is 10.0 Å². The summed E-state index contributed by atoms with van der Waals surface area (Å²) in [6.07, 6.45) is 0. The van der Waals surface area contributed by atoms with E-state index in [1.807, 2.05) is 32.0 Å². The normalized spacial score (nSPS) is 15.9. The van der Waals surface area contributed by atoms with Crippen molar-refractivity contribution >= 4 is 28.6 Å². The lowest BCUT2D eigenvalue weighted by atomic mass is 10.2. The highest BCUT2D eigenvalue weighted by atomic mass is 32.2. The minimum atomic E-state index is -3.55. The number of aryl methyl sites for hydroxylation is 2. The van der Waals surface area contributed by atoms with Gasteiger partial charge in [-0.15, -0.1) is 12.6 Å². The second-order valence-electron chi connectivity index (χ2n) is 6.48. The van der Waals surface area contributed by atoms with Gasteiger partial charge in [0.15, 0.2) is 0 Å². The van der Waals surface area contributed by atoms with Gasteiger partial charge in [0.1, 0.15) is 0 Å². The van der Waals surface area contributed by atoms with Gasteiger partial charge in [0.05, 0.1) is 10.5 Å². The van der Waals surface area contributed by atoms with Gasteiger partial charge in [-0.3, -0.25) is 4.79 Å². The molecule has 2 aromatic carbocycles. The zero-order chi connectivity index (χ0) is 18.9. The van der Waals surface area contributed by atoms with E-state index >= 15 is 0 Å². The minimum absolute atomic E-state index is 0.112. The maximum absolute atomic E-state index is 12.9. The van der Waals surface area contributed by atoms with Gasteiger partial charge in [-0.1, -0.05) is 29.8 Å². The van der Waals surface area contributed by atoms with Crippen LogP contribution in [0.1, 0.15) is 21.5 Å². The molecule has 0 atom stereocenters. The van der Waals surface area contributed by atoms with Gasteiger partial charge in [-0.05, 0) is 37.6 Å². The Labute approximate surface area is 160 Å². The molecule has 0 aliphatic carbocycles. The summed E-state index contributed by atoms with van der Waals surface area (Å²) in [6.45, 7) is 5.05. The molecule has 26 heavy (non-hydrogen) atoms. The topological polar surface area (TPSA) is 57.7 Å². The Morgan fingerprint density at radius 2 is 1.65 bits per heavy atom. The Morgan fingerprint density at radius 1 is 1.00 bits per heavy atom. The lowest BCUT2D eigenvalue weighted by Gasteiger charge is -2.34. The van der Waals surface area contributed by atoms with E-state index in [-0.39, 0.29) is 19.0 Å². The number of nitrogens with zero attached hydrogens (tertiary/aromatic N) is 2. The molecule has 138 valence electrons. The van der Waals surface area contributed by atoms with Crippen molar-refractivity contribution in [2.45, 2.75) is 23.6 Å². The molecular formula is C19H22N2O3S2. The van der Waals surface area contributed by atoms with Gasteiger partial charge in [-0.2, -0.15) is 4.31 Å². The molecule has 0 radical (unpaired) electrons. The second-order valence-corrected chi connectivity index (χ2v) is 8.87. The molecule has 1 aliphatic heterocycles. The standard InChI is InChI=1S/C19H22N2O3S2/c1-14-7-8-18(15(2)13-14)26(23,24)21-11-9-20(10-12-21)19(22)16-5-3-4-6-17(16)25/h3-8,13,25H,9-12H2,1-2H3. The number of thiol groups is 1. The first-order valence-electron chi connectivity index (χ1n) is 8.45. The van der Waals surface area contributed by atoms with Gasteiger partial charge in [-0.25, -0.2) is 8.42 Å². The smallest absolute Gasteiger partial charge is 0.255 e. The largest absolute Gasteiger partial charge is 0.336 e. The molecule has 0 spiro atoms. The number of benzene rings is 2. The predicted octanol–water partition coefficient (Wildman–Crippen LogP) is 2.74. The van der Waals surface area contributed by atoms with E-state index in [0.29, 0.717) is 28.4 Å². The highest BCUT2D eigenvalue weighted by molar-refractivity contribution is 7.89. The molecule has 1 heterocycles. The molecule has 0 saturated carbocycles. The molecule has 1 amide bonds. The van der Waals surface area contributed by atoms with Crippen LogP contribution in [0.5, 0.6) is 0 Å². The van der Waals surface area contributed by atoms with Gasteiger partial charge in [0.25, 0.3) is 5.91 Å². The summed E-state index contributed by atoms with van der Waals surface area (Å²) < 4.78 is 27.3. The van der Waals surface area contributed by atoms with Crippen LogP contribution in [0, 0.1) is 13.8 Å². The highest BCUT2D eigenvalue weighted by Crippen LogP contribution is 2.23.